The van der Waals surface area contributed by atoms with Crippen molar-refractivity contribution in [2.45, 2.75) is 13.3 Å². The lowest BCUT2D eigenvalue weighted by atomic mass is 10.1. The van der Waals surface area contributed by atoms with Crippen molar-refractivity contribution in [2.24, 2.45) is 0 Å². The zero-order chi connectivity index (χ0) is 21.9. The predicted octanol–water partition coefficient (Wildman–Crippen LogP) is 3.18. The monoisotopic (exact) mass is 452 g/mol. The Balaban J connectivity index is 1.11. The predicted molar refractivity (Wildman–Crippen MR) is 127 cm³/mol. The summed E-state index contributed by atoms with van der Waals surface area (Å²) < 4.78 is 12.4. The number of hydrogen-bond donors (Lipinski definition) is 1. The van der Waals surface area contributed by atoms with Crippen LogP contribution in [0.3, 0.4) is 0 Å². The minimum atomic E-state index is -0.0817. The molecule has 2 aliphatic rings. The topological polar surface area (TPSA) is 66.9 Å². The van der Waals surface area contributed by atoms with Gasteiger partial charge in [0, 0.05) is 44.8 Å². The molecule has 1 amide bonds. The van der Waals surface area contributed by atoms with E-state index in [0.29, 0.717) is 36.8 Å². The smallest absolute Gasteiger partial charge is 0.251 e. The third kappa shape index (κ3) is 4.38. The number of nitrogens with one attached hydrogen (secondary N) is 1. The van der Waals surface area contributed by atoms with Crippen molar-refractivity contribution in [1.82, 2.24) is 15.2 Å². The van der Waals surface area contributed by atoms with Gasteiger partial charge >= 0.3 is 0 Å². The number of para-hydroxylation sites is 1. The van der Waals surface area contributed by atoms with Crippen molar-refractivity contribution in [2.75, 3.05) is 57.4 Å². The van der Waals surface area contributed by atoms with Crippen LogP contribution in [0.15, 0.2) is 36.4 Å². The average molecular weight is 453 g/mol. The maximum Gasteiger partial charge on any atom is 0.251 e. The number of ether oxygens (including phenoxy) is 2. The first-order valence-electron chi connectivity index (χ1n) is 11.2. The Labute approximate surface area is 191 Å². The van der Waals surface area contributed by atoms with Gasteiger partial charge in [-0.3, -0.25) is 9.69 Å². The fraction of sp³-hybridized carbons (Fsp3) is 0.417. The molecular weight excluding hydrogens is 424 g/mol. The lowest BCUT2D eigenvalue weighted by molar-refractivity contribution is 0.0946. The van der Waals surface area contributed by atoms with Crippen molar-refractivity contribution in [3.8, 4) is 11.5 Å². The number of aryl methyl sites for hydroxylation is 1. The molecule has 1 N–H and O–H groups in total. The van der Waals surface area contributed by atoms with Crippen molar-refractivity contribution in [3.05, 3.63) is 47.5 Å². The van der Waals surface area contributed by atoms with Crippen LogP contribution in [0.25, 0.3) is 10.2 Å². The van der Waals surface area contributed by atoms with Crippen LogP contribution in [0.1, 0.15) is 22.8 Å². The highest BCUT2D eigenvalue weighted by Crippen LogP contribution is 2.32. The van der Waals surface area contributed by atoms with Crippen LogP contribution in [0, 0.1) is 0 Å². The van der Waals surface area contributed by atoms with Crippen molar-refractivity contribution < 1.29 is 14.3 Å². The summed E-state index contributed by atoms with van der Waals surface area (Å²) in [5.74, 6) is 1.26. The van der Waals surface area contributed by atoms with Crippen molar-refractivity contribution >= 4 is 32.6 Å². The quantitative estimate of drug-likeness (QED) is 0.620. The number of amides is 1. The second-order valence-corrected chi connectivity index (χ2v) is 9.07. The third-order valence-electron chi connectivity index (χ3n) is 6.03. The molecule has 3 aromatic rings. The number of rotatable bonds is 6. The van der Waals surface area contributed by atoms with Gasteiger partial charge in [-0.1, -0.05) is 30.4 Å². The normalized spacial score (nSPS) is 16.3. The summed E-state index contributed by atoms with van der Waals surface area (Å²) in [5, 5.41) is 4.14. The Morgan fingerprint density at radius 2 is 1.91 bits per heavy atom. The number of aromatic nitrogens is 1. The summed E-state index contributed by atoms with van der Waals surface area (Å²) in [6.07, 6.45) is 1.01. The lowest BCUT2D eigenvalue weighted by Crippen LogP contribution is -2.48. The van der Waals surface area contributed by atoms with Crippen LogP contribution in [0.2, 0.25) is 0 Å². The van der Waals surface area contributed by atoms with E-state index in [-0.39, 0.29) is 5.91 Å². The number of nitrogens with zero attached hydrogens (tertiary/aromatic N) is 3. The highest BCUT2D eigenvalue weighted by Gasteiger charge is 2.21. The molecule has 5 rings (SSSR count). The van der Waals surface area contributed by atoms with E-state index in [9.17, 15) is 4.79 Å². The van der Waals surface area contributed by atoms with E-state index in [4.69, 9.17) is 14.5 Å². The Morgan fingerprint density at radius 3 is 2.72 bits per heavy atom. The first-order chi connectivity index (χ1) is 15.7. The van der Waals surface area contributed by atoms with Gasteiger partial charge in [0.05, 0.1) is 10.2 Å². The average Bonchev–Trinajstić information content (AvgIpc) is 3.28. The molecule has 0 bridgehead atoms. The molecule has 0 atom stereocenters. The molecule has 3 heterocycles. The SMILES string of the molecule is CCc1cccc2sc(N3CCN(CCNC(=O)c4ccc5c(c4)OCCO5)CC3)nc12. The highest BCUT2D eigenvalue weighted by molar-refractivity contribution is 7.22. The molecule has 1 aromatic heterocycles. The summed E-state index contributed by atoms with van der Waals surface area (Å²) in [6, 6.07) is 11.8. The number of carbonyl (C=O) groups excluding carboxylic acids is 1. The molecule has 0 unspecified atom stereocenters. The molecule has 8 heteroatoms. The number of piperazine rings is 1. The first-order valence-corrected chi connectivity index (χ1v) is 12.1. The minimum absolute atomic E-state index is 0.0817. The minimum Gasteiger partial charge on any atom is -0.486 e. The Bertz CT molecular complexity index is 1110. The molecule has 168 valence electrons. The summed E-state index contributed by atoms with van der Waals surface area (Å²) in [5.41, 5.74) is 3.07. The van der Waals surface area contributed by atoms with E-state index in [1.54, 1.807) is 29.5 Å². The van der Waals surface area contributed by atoms with Gasteiger partial charge in [-0.15, -0.1) is 0 Å². The van der Waals surface area contributed by atoms with Crippen LogP contribution in [-0.4, -0.2) is 68.3 Å². The van der Waals surface area contributed by atoms with E-state index in [0.717, 1.165) is 49.8 Å². The number of fused-ring (bicyclic) bond motifs is 2. The summed E-state index contributed by atoms with van der Waals surface area (Å²) in [4.78, 5) is 22.2. The number of anilines is 1. The van der Waals surface area contributed by atoms with Crippen LogP contribution >= 0.6 is 11.3 Å². The molecule has 1 fully saturated rings. The van der Waals surface area contributed by atoms with Crippen LogP contribution in [0.4, 0.5) is 5.13 Å². The molecule has 0 spiro atoms. The number of hydrogen-bond acceptors (Lipinski definition) is 7. The maximum absolute atomic E-state index is 12.5. The zero-order valence-electron chi connectivity index (χ0n) is 18.3. The molecule has 1 saturated heterocycles. The third-order valence-corrected chi connectivity index (χ3v) is 7.11. The summed E-state index contributed by atoms with van der Waals surface area (Å²) in [6.45, 7) is 8.55. The molecule has 2 aliphatic heterocycles. The van der Waals surface area contributed by atoms with Crippen molar-refractivity contribution in [1.29, 1.82) is 0 Å². The fourth-order valence-corrected chi connectivity index (χ4v) is 5.26. The summed E-state index contributed by atoms with van der Waals surface area (Å²) >= 11 is 1.78. The Hall–Kier alpha value is -2.84. The second kappa shape index (κ2) is 9.34. The molecular formula is C24H28N4O3S. The van der Waals surface area contributed by atoms with Crippen LogP contribution < -0.4 is 19.7 Å². The van der Waals surface area contributed by atoms with Crippen LogP contribution in [0.5, 0.6) is 11.5 Å². The molecule has 2 aromatic carbocycles. The van der Waals surface area contributed by atoms with Gasteiger partial charge < -0.3 is 19.7 Å². The number of benzene rings is 2. The van der Waals surface area contributed by atoms with E-state index < -0.39 is 0 Å². The van der Waals surface area contributed by atoms with Crippen LogP contribution in [-0.2, 0) is 6.42 Å². The van der Waals surface area contributed by atoms with E-state index in [2.05, 4.69) is 40.2 Å². The standard InChI is InChI=1S/C24H28N4O3S/c1-2-17-4-3-5-21-22(17)26-24(32-21)28-12-10-27(11-13-28)9-8-25-23(29)18-6-7-19-20(16-18)31-15-14-30-19/h3-7,16H,2,8-15H2,1H3,(H,25,29). The largest absolute Gasteiger partial charge is 0.486 e. The first kappa shape index (κ1) is 21.0. The van der Waals surface area contributed by atoms with E-state index in [1.807, 2.05) is 0 Å². The Morgan fingerprint density at radius 1 is 1.09 bits per heavy atom. The zero-order valence-corrected chi connectivity index (χ0v) is 19.1. The van der Waals surface area contributed by atoms with Gasteiger partial charge in [-0.05, 0) is 36.2 Å². The van der Waals surface area contributed by atoms with Crippen molar-refractivity contribution in [3.63, 3.8) is 0 Å². The number of thiazole rings is 1. The van der Waals surface area contributed by atoms with E-state index >= 15 is 0 Å². The summed E-state index contributed by atoms with van der Waals surface area (Å²) in [7, 11) is 0. The molecule has 0 aliphatic carbocycles. The fourth-order valence-electron chi connectivity index (χ4n) is 4.19. The molecule has 0 radical (unpaired) electrons. The lowest BCUT2D eigenvalue weighted by Gasteiger charge is -2.34. The van der Waals surface area contributed by atoms with Gasteiger partial charge in [0.1, 0.15) is 13.2 Å². The molecule has 32 heavy (non-hydrogen) atoms. The number of carbonyl (C=O) groups is 1. The highest BCUT2D eigenvalue weighted by atomic mass is 32.1. The van der Waals surface area contributed by atoms with Gasteiger partial charge in [0.2, 0.25) is 0 Å². The van der Waals surface area contributed by atoms with Gasteiger partial charge in [-0.2, -0.15) is 0 Å². The van der Waals surface area contributed by atoms with Gasteiger partial charge in [0.25, 0.3) is 5.91 Å². The molecule has 7 nitrogen and oxygen atoms in total. The Kier molecular flexibility index (Phi) is 6.14. The van der Waals surface area contributed by atoms with E-state index in [1.165, 1.54) is 10.3 Å². The molecule has 0 saturated carbocycles. The second-order valence-electron chi connectivity index (χ2n) is 8.06. The van der Waals surface area contributed by atoms with Gasteiger partial charge in [-0.25, -0.2) is 4.98 Å². The maximum atomic E-state index is 12.5. The van der Waals surface area contributed by atoms with Gasteiger partial charge in [0.15, 0.2) is 16.6 Å².